The van der Waals surface area contributed by atoms with Crippen LogP contribution in [0.4, 0.5) is 0 Å². The van der Waals surface area contributed by atoms with E-state index in [1.165, 1.54) is 33.4 Å². The van der Waals surface area contributed by atoms with E-state index in [9.17, 15) is 9.90 Å². The zero-order valence-electron chi connectivity index (χ0n) is 26.5. The second-order valence-corrected chi connectivity index (χ2v) is 12.2. The van der Waals surface area contributed by atoms with E-state index >= 15 is 0 Å². The summed E-state index contributed by atoms with van der Waals surface area (Å²) in [7, 11) is 0. The monoisotopic (exact) mass is 557 g/mol. The summed E-state index contributed by atoms with van der Waals surface area (Å²) in [5.74, 6) is -0.874. The molecular formula is C37H51NO3. The average molecular weight is 558 g/mol. The number of unbranched alkanes of at least 4 members (excludes halogenated alkanes) is 1. The topological polar surface area (TPSA) is 49.8 Å². The molecule has 4 atom stereocenters. The highest BCUT2D eigenvalue weighted by molar-refractivity contribution is 5.73. The van der Waals surface area contributed by atoms with Crippen LogP contribution in [0.1, 0.15) is 92.0 Å². The smallest absolute Gasteiger partial charge is 0.312 e. The lowest BCUT2D eigenvalue weighted by atomic mass is 9.89. The van der Waals surface area contributed by atoms with Gasteiger partial charge >= 0.3 is 5.97 Å². The molecule has 0 saturated carbocycles. The molecule has 3 rings (SSSR count). The Balaban J connectivity index is 2.04. The number of carbonyl (C=O) groups is 1. The number of aryl methyl sites for hydroxylation is 4. The lowest BCUT2D eigenvalue weighted by Crippen LogP contribution is -2.41. The zero-order chi connectivity index (χ0) is 30.1. The van der Waals surface area contributed by atoms with Crippen LogP contribution in [-0.4, -0.2) is 28.1 Å². The van der Waals surface area contributed by atoms with Crippen LogP contribution in [0, 0.1) is 39.5 Å². The van der Waals surface area contributed by atoms with E-state index in [-0.39, 0.29) is 17.9 Å². The van der Waals surface area contributed by atoms with E-state index in [0.717, 1.165) is 31.5 Å². The first-order valence-electron chi connectivity index (χ1n) is 15.3. The Bertz CT molecular complexity index is 1230. The van der Waals surface area contributed by atoms with Gasteiger partial charge in [-0.2, -0.15) is 0 Å². The molecule has 3 aromatic carbocycles. The van der Waals surface area contributed by atoms with Crippen LogP contribution in [0.5, 0.6) is 0 Å². The Labute approximate surface area is 248 Å². The number of aliphatic hydroxyl groups is 1. The van der Waals surface area contributed by atoms with Crippen LogP contribution in [0.15, 0.2) is 66.7 Å². The van der Waals surface area contributed by atoms with Crippen molar-refractivity contribution in [2.24, 2.45) is 11.8 Å². The largest absolute Gasteiger partial charge is 0.456 e. The van der Waals surface area contributed by atoms with Gasteiger partial charge in [-0.3, -0.25) is 9.69 Å². The predicted octanol–water partition coefficient (Wildman–Crippen LogP) is 8.42. The zero-order valence-corrected chi connectivity index (χ0v) is 26.5. The third-order valence-corrected chi connectivity index (χ3v) is 8.49. The van der Waals surface area contributed by atoms with Crippen molar-refractivity contribution in [3.8, 4) is 0 Å². The van der Waals surface area contributed by atoms with Gasteiger partial charge < -0.3 is 9.84 Å². The first-order chi connectivity index (χ1) is 19.5. The number of aliphatic hydroxyl groups excluding tert-OH is 1. The molecule has 1 N–H and O–H groups in total. The van der Waals surface area contributed by atoms with E-state index in [2.05, 4.69) is 82.8 Å². The molecule has 0 amide bonds. The van der Waals surface area contributed by atoms with Crippen molar-refractivity contribution in [1.82, 2.24) is 4.90 Å². The Hall–Kier alpha value is -2.95. The van der Waals surface area contributed by atoms with Gasteiger partial charge in [0.2, 0.25) is 0 Å². The molecule has 0 aliphatic rings. The maximum Gasteiger partial charge on any atom is 0.312 e. The van der Waals surface area contributed by atoms with Gasteiger partial charge in [0.25, 0.3) is 0 Å². The Morgan fingerprint density at radius 3 is 2.05 bits per heavy atom. The number of nitrogens with zero attached hydrogens (tertiary/aromatic N) is 1. The van der Waals surface area contributed by atoms with Crippen LogP contribution >= 0.6 is 0 Å². The first-order valence-corrected chi connectivity index (χ1v) is 15.3. The fourth-order valence-corrected chi connectivity index (χ4v) is 5.82. The third kappa shape index (κ3) is 8.77. The standard InChI is InChI=1S/C37H51NO3/c1-9-10-20-33(35(39)25(2)3)37(40)41-36(31-17-12-11-13-18-31)30(8)38(23-32-19-15-14-16-27(32)5)24-34-28(6)21-26(4)22-29(34)7/h11-19,21-22,25,30,33,35-36,39H,9-10,20,23-24H2,1-8H3/t30-,33+,35+,36-/m0/s1. The van der Waals surface area contributed by atoms with Crippen LogP contribution in [0.2, 0.25) is 0 Å². The highest BCUT2D eigenvalue weighted by Crippen LogP contribution is 2.32. The van der Waals surface area contributed by atoms with Crippen molar-refractivity contribution in [1.29, 1.82) is 0 Å². The molecule has 0 radical (unpaired) electrons. The Kier molecular flexibility index (Phi) is 12.2. The summed E-state index contributed by atoms with van der Waals surface area (Å²) in [6.45, 7) is 18.3. The van der Waals surface area contributed by atoms with E-state index < -0.39 is 18.1 Å². The van der Waals surface area contributed by atoms with Gasteiger partial charge in [-0.05, 0) is 80.3 Å². The molecule has 41 heavy (non-hydrogen) atoms. The average Bonchev–Trinajstić information content (AvgIpc) is 2.94. The van der Waals surface area contributed by atoms with Gasteiger partial charge in [-0.15, -0.1) is 0 Å². The minimum atomic E-state index is -0.735. The molecule has 0 aliphatic carbocycles. The molecule has 0 heterocycles. The number of carbonyl (C=O) groups excluding carboxylic acids is 1. The molecule has 222 valence electrons. The van der Waals surface area contributed by atoms with Gasteiger partial charge in [0.05, 0.1) is 12.0 Å². The van der Waals surface area contributed by atoms with E-state index in [1.54, 1.807) is 0 Å². The minimum absolute atomic E-state index is 0.0259. The van der Waals surface area contributed by atoms with Gasteiger partial charge in [-0.25, -0.2) is 0 Å². The fraction of sp³-hybridized carbons (Fsp3) is 0.486. The van der Waals surface area contributed by atoms with E-state index in [0.29, 0.717) is 6.42 Å². The molecule has 0 saturated heterocycles. The van der Waals surface area contributed by atoms with Crippen LogP contribution < -0.4 is 0 Å². The van der Waals surface area contributed by atoms with Crippen LogP contribution in [0.3, 0.4) is 0 Å². The van der Waals surface area contributed by atoms with E-state index in [1.807, 2.05) is 44.2 Å². The highest BCUT2D eigenvalue weighted by Gasteiger charge is 2.35. The van der Waals surface area contributed by atoms with Crippen LogP contribution in [0.25, 0.3) is 0 Å². The van der Waals surface area contributed by atoms with Gasteiger partial charge in [0.1, 0.15) is 6.10 Å². The van der Waals surface area contributed by atoms with Gasteiger partial charge in [0, 0.05) is 19.1 Å². The fourth-order valence-electron chi connectivity index (χ4n) is 5.82. The lowest BCUT2D eigenvalue weighted by Gasteiger charge is -2.37. The minimum Gasteiger partial charge on any atom is -0.456 e. The SMILES string of the molecule is CCCC[C@@H](C(=O)O[C@H](c1ccccc1)[C@H](C)N(Cc1ccccc1C)Cc1c(C)cc(C)cc1C)[C@H](O)C(C)C. The lowest BCUT2D eigenvalue weighted by molar-refractivity contribution is -0.164. The summed E-state index contributed by atoms with van der Waals surface area (Å²) in [6, 6.07) is 23.0. The Morgan fingerprint density at radius 2 is 1.46 bits per heavy atom. The van der Waals surface area contributed by atoms with Crippen molar-refractivity contribution < 1.29 is 14.6 Å². The van der Waals surface area contributed by atoms with Gasteiger partial charge in [0.15, 0.2) is 0 Å². The summed E-state index contributed by atoms with van der Waals surface area (Å²) >= 11 is 0. The van der Waals surface area contributed by atoms with Crippen molar-refractivity contribution in [3.63, 3.8) is 0 Å². The quantitative estimate of drug-likeness (QED) is 0.202. The van der Waals surface area contributed by atoms with Crippen molar-refractivity contribution in [3.05, 3.63) is 106 Å². The molecule has 4 heteroatoms. The summed E-state index contributed by atoms with van der Waals surface area (Å²) < 4.78 is 6.45. The molecule has 0 spiro atoms. The summed E-state index contributed by atoms with van der Waals surface area (Å²) in [6.07, 6.45) is 1.25. The molecule has 0 unspecified atom stereocenters. The molecule has 4 nitrogen and oxygen atoms in total. The second kappa shape index (κ2) is 15.3. The number of ether oxygens (including phenoxy) is 1. The third-order valence-electron chi connectivity index (χ3n) is 8.49. The molecule has 0 fully saturated rings. The number of hydrogen-bond donors (Lipinski definition) is 1. The maximum absolute atomic E-state index is 13.8. The maximum atomic E-state index is 13.8. The number of hydrogen-bond acceptors (Lipinski definition) is 4. The first kappa shape index (κ1) is 32.6. The number of rotatable bonds is 14. The molecule has 0 bridgehead atoms. The van der Waals surface area contributed by atoms with Crippen molar-refractivity contribution in [2.45, 2.75) is 106 Å². The Morgan fingerprint density at radius 1 is 0.854 bits per heavy atom. The van der Waals surface area contributed by atoms with Crippen molar-refractivity contribution >= 4 is 5.97 Å². The van der Waals surface area contributed by atoms with Crippen molar-refractivity contribution in [2.75, 3.05) is 0 Å². The highest BCUT2D eigenvalue weighted by atomic mass is 16.5. The number of benzene rings is 3. The molecule has 0 aliphatic heterocycles. The normalized spacial score (nSPS) is 14.6. The van der Waals surface area contributed by atoms with Gasteiger partial charge in [-0.1, -0.05) is 106 Å². The molecule has 0 aromatic heterocycles. The van der Waals surface area contributed by atoms with E-state index in [4.69, 9.17) is 4.74 Å². The summed E-state index contributed by atoms with van der Waals surface area (Å²) in [5, 5.41) is 11.0. The summed E-state index contributed by atoms with van der Waals surface area (Å²) in [4.78, 5) is 16.3. The summed E-state index contributed by atoms with van der Waals surface area (Å²) in [5.41, 5.74) is 8.60. The molecular weight excluding hydrogens is 506 g/mol. The number of esters is 1. The van der Waals surface area contributed by atoms with Crippen LogP contribution in [-0.2, 0) is 22.6 Å². The second-order valence-electron chi connectivity index (χ2n) is 12.2. The predicted molar refractivity (Wildman–Crippen MR) is 170 cm³/mol. The molecule has 3 aromatic rings.